The second-order valence-corrected chi connectivity index (χ2v) is 6.00. The monoisotopic (exact) mass is 366 g/mol. The molecule has 7 heteroatoms. The van der Waals surface area contributed by atoms with E-state index in [1.807, 2.05) is 43.3 Å². The summed E-state index contributed by atoms with van der Waals surface area (Å²) in [5, 5.41) is 6.96. The Labute approximate surface area is 157 Å². The van der Waals surface area contributed by atoms with E-state index in [4.69, 9.17) is 9.26 Å². The van der Waals surface area contributed by atoms with Crippen molar-refractivity contribution in [3.63, 3.8) is 0 Å². The molecule has 3 aromatic rings. The van der Waals surface area contributed by atoms with Crippen LogP contribution in [0.5, 0.6) is 5.75 Å². The molecule has 2 heterocycles. The number of hydrogen-bond acceptors (Lipinski definition) is 6. The summed E-state index contributed by atoms with van der Waals surface area (Å²) in [6, 6.07) is 13.1. The minimum absolute atomic E-state index is 0.0784. The molecule has 0 aliphatic carbocycles. The summed E-state index contributed by atoms with van der Waals surface area (Å²) < 4.78 is 10.6. The van der Waals surface area contributed by atoms with Gasteiger partial charge in [0.15, 0.2) is 0 Å². The number of aryl methyl sites for hydroxylation is 1. The zero-order valence-corrected chi connectivity index (χ0v) is 15.4. The molecule has 1 atom stereocenters. The molecule has 0 spiro atoms. The Morgan fingerprint density at radius 3 is 2.78 bits per heavy atom. The van der Waals surface area contributed by atoms with Crippen LogP contribution in [-0.2, 0) is 11.2 Å². The Hall–Kier alpha value is -3.22. The zero-order valence-electron chi connectivity index (χ0n) is 15.4. The van der Waals surface area contributed by atoms with Gasteiger partial charge in [-0.3, -0.25) is 9.78 Å². The van der Waals surface area contributed by atoms with Crippen LogP contribution in [-0.4, -0.2) is 28.1 Å². The number of methoxy groups -OCH3 is 1. The summed E-state index contributed by atoms with van der Waals surface area (Å²) in [6.45, 7) is 2.02. The first-order chi connectivity index (χ1) is 13.2. The summed E-state index contributed by atoms with van der Waals surface area (Å²) in [4.78, 5) is 20.9. The average molecular weight is 366 g/mol. The number of para-hydroxylation sites is 1. The van der Waals surface area contributed by atoms with Crippen molar-refractivity contribution < 1.29 is 14.1 Å². The van der Waals surface area contributed by atoms with Crippen molar-refractivity contribution in [1.29, 1.82) is 0 Å². The van der Waals surface area contributed by atoms with E-state index in [-0.39, 0.29) is 18.4 Å². The van der Waals surface area contributed by atoms with Crippen molar-refractivity contribution in [2.75, 3.05) is 7.11 Å². The van der Waals surface area contributed by atoms with E-state index in [0.29, 0.717) is 23.8 Å². The topological polar surface area (TPSA) is 90.1 Å². The molecule has 3 rings (SSSR count). The molecule has 1 unspecified atom stereocenters. The van der Waals surface area contributed by atoms with Crippen LogP contribution in [0.15, 0.2) is 53.2 Å². The SMILES string of the molecule is CCC(NC(=O)CCc1nc(-c2ccccn2)no1)c1ccccc1OC. The van der Waals surface area contributed by atoms with Gasteiger partial charge in [-0.1, -0.05) is 36.3 Å². The number of ether oxygens (including phenoxy) is 1. The van der Waals surface area contributed by atoms with Crippen LogP contribution in [0.2, 0.25) is 0 Å². The van der Waals surface area contributed by atoms with Crippen LogP contribution in [0.25, 0.3) is 11.5 Å². The maximum Gasteiger partial charge on any atom is 0.227 e. The molecule has 7 nitrogen and oxygen atoms in total. The maximum absolute atomic E-state index is 12.4. The fourth-order valence-electron chi connectivity index (χ4n) is 2.80. The number of carbonyl (C=O) groups is 1. The Morgan fingerprint density at radius 1 is 1.22 bits per heavy atom. The van der Waals surface area contributed by atoms with E-state index < -0.39 is 0 Å². The summed E-state index contributed by atoms with van der Waals surface area (Å²) in [5.41, 5.74) is 1.60. The van der Waals surface area contributed by atoms with E-state index >= 15 is 0 Å². The normalized spacial score (nSPS) is 11.8. The molecular weight excluding hydrogens is 344 g/mol. The predicted octanol–water partition coefficient (Wildman–Crippen LogP) is 3.34. The van der Waals surface area contributed by atoms with Crippen LogP contribution in [0, 0.1) is 0 Å². The third kappa shape index (κ3) is 4.69. The fraction of sp³-hybridized carbons (Fsp3) is 0.300. The van der Waals surface area contributed by atoms with Gasteiger partial charge in [0.25, 0.3) is 0 Å². The average Bonchev–Trinajstić information content (AvgIpc) is 3.20. The smallest absolute Gasteiger partial charge is 0.227 e. The first-order valence-electron chi connectivity index (χ1n) is 8.87. The quantitative estimate of drug-likeness (QED) is 0.657. The van der Waals surface area contributed by atoms with Crippen LogP contribution >= 0.6 is 0 Å². The molecule has 0 saturated heterocycles. The number of hydrogen-bond donors (Lipinski definition) is 1. The van der Waals surface area contributed by atoms with Gasteiger partial charge in [0, 0.05) is 24.6 Å². The van der Waals surface area contributed by atoms with Crippen molar-refractivity contribution in [2.45, 2.75) is 32.2 Å². The van der Waals surface area contributed by atoms with Gasteiger partial charge in [-0.25, -0.2) is 0 Å². The molecule has 27 heavy (non-hydrogen) atoms. The lowest BCUT2D eigenvalue weighted by atomic mass is 10.0. The summed E-state index contributed by atoms with van der Waals surface area (Å²) in [5.74, 6) is 1.52. The zero-order chi connectivity index (χ0) is 19.1. The second-order valence-electron chi connectivity index (χ2n) is 6.00. The largest absolute Gasteiger partial charge is 0.496 e. The highest BCUT2D eigenvalue weighted by atomic mass is 16.5. The molecule has 0 bridgehead atoms. The number of nitrogens with zero attached hydrogens (tertiary/aromatic N) is 3. The number of nitrogens with one attached hydrogen (secondary N) is 1. The highest BCUT2D eigenvalue weighted by molar-refractivity contribution is 5.76. The maximum atomic E-state index is 12.4. The van der Waals surface area contributed by atoms with Crippen LogP contribution in [0.1, 0.15) is 37.3 Å². The van der Waals surface area contributed by atoms with Gasteiger partial charge in [0.05, 0.1) is 13.2 Å². The third-order valence-corrected chi connectivity index (χ3v) is 4.19. The molecule has 1 N–H and O–H groups in total. The van der Waals surface area contributed by atoms with Crippen LogP contribution in [0.4, 0.5) is 0 Å². The van der Waals surface area contributed by atoms with Crippen molar-refractivity contribution in [3.05, 3.63) is 60.1 Å². The highest BCUT2D eigenvalue weighted by Crippen LogP contribution is 2.26. The van der Waals surface area contributed by atoms with Gasteiger partial charge in [-0.15, -0.1) is 0 Å². The van der Waals surface area contributed by atoms with E-state index in [2.05, 4.69) is 20.4 Å². The summed E-state index contributed by atoms with van der Waals surface area (Å²) in [7, 11) is 1.63. The van der Waals surface area contributed by atoms with E-state index in [1.54, 1.807) is 19.4 Å². The van der Waals surface area contributed by atoms with Gasteiger partial charge in [-0.2, -0.15) is 4.98 Å². The summed E-state index contributed by atoms with van der Waals surface area (Å²) in [6.07, 6.45) is 3.06. The van der Waals surface area contributed by atoms with Gasteiger partial charge in [0.2, 0.25) is 17.6 Å². The molecule has 0 saturated carbocycles. The molecular formula is C20H22N4O3. The van der Waals surface area contributed by atoms with Gasteiger partial charge >= 0.3 is 0 Å². The number of aromatic nitrogens is 3. The summed E-state index contributed by atoms with van der Waals surface area (Å²) >= 11 is 0. The number of benzene rings is 1. The van der Waals surface area contributed by atoms with E-state index in [9.17, 15) is 4.79 Å². The first kappa shape index (κ1) is 18.6. The molecule has 1 aromatic carbocycles. The number of carbonyl (C=O) groups excluding carboxylic acids is 1. The molecule has 2 aromatic heterocycles. The third-order valence-electron chi connectivity index (χ3n) is 4.19. The van der Waals surface area contributed by atoms with Crippen LogP contribution < -0.4 is 10.1 Å². The standard InChI is InChI=1S/C20H22N4O3/c1-3-15(14-8-4-5-10-17(14)26-2)22-18(25)11-12-19-23-20(24-27-19)16-9-6-7-13-21-16/h4-10,13,15H,3,11-12H2,1-2H3,(H,22,25). The molecule has 0 fully saturated rings. The van der Waals surface area contributed by atoms with E-state index in [1.165, 1.54) is 0 Å². The van der Waals surface area contributed by atoms with Crippen LogP contribution in [0.3, 0.4) is 0 Å². The Morgan fingerprint density at radius 2 is 2.04 bits per heavy atom. The first-order valence-corrected chi connectivity index (χ1v) is 8.87. The predicted molar refractivity (Wildman–Crippen MR) is 100 cm³/mol. The Balaban J connectivity index is 1.58. The van der Waals surface area contributed by atoms with Gasteiger partial charge < -0.3 is 14.6 Å². The minimum atomic E-state index is -0.111. The Kier molecular flexibility index (Phi) is 6.14. The lowest BCUT2D eigenvalue weighted by Gasteiger charge is -2.19. The lowest BCUT2D eigenvalue weighted by molar-refractivity contribution is -0.121. The lowest BCUT2D eigenvalue weighted by Crippen LogP contribution is -2.28. The van der Waals surface area contributed by atoms with E-state index in [0.717, 1.165) is 17.7 Å². The van der Waals surface area contributed by atoms with Crippen molar-refractivity contribution in [1.82, 2.24) is 20.4 Å². The molecule has 0 aliphatic rings. The molecule has 0 radical (unpaired) electrons. The van der Waals surface area contributed by atoms with Crippen molar-refractivity contribution >= 4 is 5.91 Å². The van der Waals surface area contributed by atoms with Gasteiger partial charge in [-0.05, 0) is 24.6 Å². The molecule has 140 valence electrons. The fourth-order valence-corrected chi connectivity index (χ4v) is 2.80. The minimum Gasteiger partial charge on any atom is -0.496 e. The highest BCUT2D eigenvalue weighted by Gasteiger charge is 2.17. The molecule has 1 amide bonds. The number of pyridine rings is 1. The van der Waals surface area contributed by atoms with Gasteiger partial charge in [0.1, 0.15) is 11.4 Å². The number of amides is 1. The second kappa shape index (κ2) is 8.93. The Bertz CT molecular complexity index is 880. The van der Waals surface area contributed by atoms with Crippen molar-refractivity contribution in [3.8, 4) is 17.3 Å². The van der Waals surface area contributed by atoms with Crippen molar-refractivity contribution in [2.24, 2.45) is 0 Å². The number of rotatable bonds is 8. The molecule has 0 aliphatic heterocycles.